The van der Waals surface area contributed by atoms with E-state index in [2.05, 4.69) is 4.98 Å². The molecule has 0 atom stereocenters. The number of halogens is 1. The number of aryl methyl sites for hydroxylation is 2. The topological polar surface area (TPSA) is 22.1 Å². The maximum Gasteiger partial charge on any atom is 0.130 e. The Morgan fingerprint density at radius 3 is 2.35 bits per heavy atom. The molecule has 88 valence electrons. The van der Waals surface area contributed by atoms with Gasteiger partial charge in [-0.15, -0.1) is 0 Å². The molecule has 0 amide bonds. The Morgan fingerprint density at radius 2 is 1.71 bits per heavy atom. The molecule has 17 heavy (non-hydrogen) atoms. The number of aromatic nitrogens is 1. The zero-order chi connectivity index (χ0) is 12.3. The second-order valence-corrected chi connectivity index (χ2v) is 4.35. The molecule has 0 spiro atoms. The highest BCUT2D eigenvalue weighted by molar-refractivity contribution is 6.29. The van der Waals surface area contributed by atoms with Gasteiger partial charge in [0.15, 0.2) is 0 Å². The summed E-state index contributed by atoms with van der Waals surface area (Å²) in [4.78, 5) is 4.19. The zero-order valence-corrected chi connectivity index (χ0v) is 10.7. The van der Waals surface area contributed by atoms with Gasteiger partial charge in [0, 0.05) is 0 Å². The van der Waals surface area contributed by atoms with Gasteiger partial charge in [-0.2, -0.15) is 0 Å². The fourth-order valence-electron chi connectivity index (χ4n) is 1.70. The molecule has 0 aliphatic rings. The van der Waals surface area contributed by atoms with Gasteiger partial charge in [0.1, 0.15) is 17.5 Å². The molecule has 1 heterocycles. The number of hydrogen-bond donors (Lipinski definition) is 0. The molecule has 1 aromatic heterocycles. The Morgan fingerprint density at radius 1 is 1.06 bits per heavy atom. The van der Waals surface area contributed by atoms with Gasteiger partial charge in [0.25, 0.3) is 0 Å². The Kier molecular flexibility index (Phi) is 3.64. The van der Waals surface area contributed by atoms with Gasteiger partial charge in [-0.3, -0.25) is 0 Å². The summed E-state index contributed by atoms with van der Waals surface area (Å²) in [5, 5.41) is 0.493. The summed E-state index contributed by atoms with van der Waals surface area (Å²) in [5.74, 6) is 0.925. The molecule has 0 aliphatic carbocycles. The predicted molar refractivity (Wildman–Crippen MR) is 69.5 cm³/mol. The third kappa shape index (κ3) is 2.98. The van der Waals surface area contributed by atoms with E-state index < -0.39 is 0 Å². The number of pyridine rings is 1. The van der Waals surface area contributed by atoms with Crippen molar-refractivity contribution in [1.82, 2.24) is 4.98 Å². The van der Waals surface area contributed by atoms with E-state index in [4.69, 9.17) is 16.3 Å². The SMILES string of the molecule is Cc1cccc(C)c1OCc1cccc(Cl)n1. The van der Waals surface area contributed by atoms with Crippen LogP contribution in [-0.4, -0.2) is 4.98 Å². The number of benzene rings is 1. The molecule has 0 fully saturated rings. The fourth-order valence-corrected chi connectivity index (χ4v) is 1.88. The molecular weight excluding hydrogens is 234 g/mol. The molecule has 0 bridgehead atoms. The quantitative estimate of drug-likeness (QED) is 0.767. The van der Waals surface area contributed by atoms with Crippen LogP contribution >= 0.6 is 11.6 Å². The van der Waals surface area contributed by atoms with Crippen molar-refractivity contribution >= 4 is 11.6 Å². The lowest BCUT2D eigenvalue weighted by molar-refractivity contribution is 0.297. The van der Waals surface area contributed by atoms with Crippen LogP contribution in [0.4, 0.5) is 0 Å². The van der Waals surface area contributed by atoms with Crippen LogP contribution in [0.1, 0.15) is 16.8 Å². The van der Waals surface area contributed by atoms with E-state index in [1.54, 1.807) is 6.07 Å². The lowest BCUT2D eigenvalue weighted by Gasteiger charge is -2.11. The maximum absolute atomic E-state index is 5.82. The average molecular weight is 248 g/mol. The van der Waals surface area contributed by atoms with Gasteiger partial charge in [0.05, 0.1) is 5.69 Å². The summed E-state index contributed by atoms with van der Waals surface area (Å²) in [6.07, 6.45) is 0. The van der Waals surface area contributed by atoms with Crippen molar-refractivity contribution in [2.75, 3.05) is 0 Å². The van der Waals surface area contributed by atoms with E-state index in [1.807, 2.05) is 44.2 Å². The number of hydrogen-bond acceptors (Lipinski definition) is 2. The first kappa shape index (κ1) is 11.9. The van der Waals surface area contributed by atoms with Crippen molar-refractivity contribution in [1.29, 1.82) is 0 Å². The summed E-state index contributed by atoms with van der Waals surface area (Å²) >= 11 is 5.82. The van der Waals surface area contributed by atoms with E-state index in [9.17, 15) is 0 Å². The molecule has 0 radical (unpaired) electrons. The first-order valence-corrected chi connectivity index (χ1v) is 5.85. The average Bonchev–Trinajstić information content (AvgIpc) is 2.28. The van der Waals surface area contributed by atoms with Crippen molar-refractivity contribution in [3.05, 3.63) is 58.4 Å². The van der Waals surface area contributed by atoms with Gasteiger partial charge in [-0.05, 0) is 37.1 Å². The number of rotatable bonds is 3. The normalized spacial score (nSPS) is 10.3. The van der Waals surface area contributed by atoms with E-state index >= 15 is 0 Å². The largest absolute Gasteiger partial charge is 0.487 e. The van der Waals surface area contributed by atoms with Gasteiger partial charge in [-0.25, -0.2) is 4.98 Å². The lowest BCUT2D eigenvalue weighted by atomic mass is 10.1. The van der Waals surface area contributed by atoms with Crippen molar-refractivity contribution < 1.29 is 4.74 Å². The molecule has 0 unspecified atom stereocenters. The van der Waals surface area contributed by atoms with Crippen molar-refractivity contribution in [3.63, 3.8) is 0 Å². The van der Waals surface area contributed by atoms with Gasteiger partial charge in [-0.1, -0.05) is 35.9 Å². The van der Waals surface area contributed by atoms with Crippen LogP contribution in [0, 0.1) is 13.8 Å². The number of ether oxygens (including phenoxy) is 1. The standard InChI is InChI=1S/C14H14ClNO/c1-10-5-3-6-11(2)14(10)17-9-12-7-4-8-13(15)16-12/h3-8H,9H2,1-2H3. The molecule has 0 saturated heterocycles. The summed E-state index contributed by atoms with van der Waals surface area (Å²) in [6, 6.07) is 11.6. The smallest absolute Gasteiger partial charge is 0.130 e. The van der Waals surface area contributed by atoms with Gasteiger partial charge >= 0.3 is 0 Å². The molecule has 2 rings (SSSR count). The van der Waals surface area contributed by atoms with Gasteiger partial charge in [0.2, 0.25) is 0 Å². The maximum atomic E-state index is 5.82. The fraction of sp³-hybridized carbons (Fsp3) is 0.214. The second-order valence-electron chi connectivity index (χ2n) is 3.96. The lowest BCUT2D eigenvalue weighted by Crippen LogP contribution is -2.00. The highest BCUT2D eigenvalue weighted by Gasteiger charge is 2.04. The molecular formula is C14H14ClNO. The molecule has 2 nitrogen and oxygen atoms in total. The first-order valence-electron chi connectivity index (χ1n) is 5.47. The summed E-state index contributed by atoms with van der Waals surface area (Å²) in [6.45, 7) is 4.51. The first-order chi connectivity index (χ1) is 8.16. The highest BCUT2D eigenvalue weighted by Crippen LogP contribution is 2.23. The van der Waals surface area contributed by atoms with E-state index in [-0.39, 0.29) is 0 Å². The molecule has 3 heteroatoms. The van der Waals surface area contributed by atoms with E-state index in [0.29, 0.717) is 11.8 Å². The second kappa shape index (κ2) is 5.19. The van der Waals surface area contributed by atoms with E-state index in [0.717, 1.165) is 22.6 Å². The third-order valence-electron chi connectivity index (χ3n) is 2.55. The predicted octanol–water partition coefficient (Wildman–Crippen LogP) is 3.93. The Hall–Kier alpha value is -1.54. The van der Waals surface area contributed by atoms with E-state index in [1.165, 1.54) is 0 Å². The van der Waals surface area contributed by atoms with Crippen LogP contribution < -0.4 is 4.74 Å². The minimum absolute atomic E-state index is 0.437. The van der Waals surface area contributed by atoms with Gasteiger partial charge < -0.3 is 4.74 Å². The van der Waals surface area contributed by atoms with Crippen LogP contribution in [0.5, 0.6) is 5.75 Å². The van der Waals surface area contributed by atoms with Crippen molar-refractivity contribution in [3.8, 4) is 5.75 Å². The summed E-state index contributed by atoms with van der Waals surface area (Å²) in [5.41, 5.74) is 3.10. The minimum atomic E-state index is 0.437. The van der Waals surface area contributed by atoms with Crippen LogP contribution in [0.15, 0.2) is 36.4 Å². The Labute approximate surface area is 106 Å². The monoisotopic (exact) mass is 247 g/mol. The molecule has 1 aromatic carbocycles. The van der Waals surface area contributed by atoms with Crippen molar-refractivity contribution in [2.45, 2.75) is 20.5 Å². The molecule has 0 aliphatic heterocycles. The van der Waals surface area contributed by atoms with Crippen LogP contribution in [0.25, 0.3) is 0 Å². The summed E-state index contributed by atoms with van der Waals surface area (Å²) in [7, 11) is 0. The zero-order valence-electron chi connectivity index (χ0n) is 9.90. The van der Waals surface area contributed by atoms with Crippen molar-refractivity contribution in [2.24, 2.45) is 0 Å². The Bertz CT molecular complexity index is 505. The van der Waals surface area contributed by atoms with Crippen LogP contribution in [0.3, 0.4) is 0 Å². The Balaban J connectivity index is 2.13. The number of nitrogens with zero attached hydrogens (tertiary/aromatic N) is 1. The molecule has 2 aromatic rings. The third-order valence-corrected chi connectivity index (χ3v) is 2.76. The summed E-state index contributed by atoms with van der Waals surface area (Å²) < 4.78 is 5.79. The molecule has 0 saturated carbocycles. The highest BCUT2D eigenvalue weighted by atomic mass is 35.5. The minimum Gasteiger partial charge on any atom is -0.487 e. The van der Waals surface area contributed by atoms with Crippen LogP contribution in [-0.2, 0) is 6.61 Å². The molecule has 0 N–H and O–H groups in total. The van der Waals surface area contributed by atoms with Crippen LogP contribution in [0.2, 0.25) is 5.15 Å². The number of para-hydroxylation sites is 1.